The second kappa shape index (κ2) is 8.31. The molecule has 0 aliphatic rings. The second-order valence-electron chi connectivity index (χ2n) is 4.24. The largest absolute Gasteiger partial charge is 0.320 e. The van der Waals surface area contributed by atoms with Crippen molar-refractivity contribution >= 4 is 0 Å². The lowest BCUT2D eigenvalue weighted by Crippen LogP contribution is -2.07. The van der Waals surface area contributed by atoms with Gasteiger partial charge >= 0.3 is 0 Å². The van der Waals surface area contributed by atoms with E-state index in [1.54, 1.807) is 0 Å². The van der Waals surface area contributed by atoms with Crippen LogP contribution in [0, 0.1) is 5.92 Å². The van der Waals surface area contributed by atoms with E-state index in [1.165, 1.54) is 37.7 Å². The Labute approximate surface area is 83.6 Å². The van der Waals surface area contributed by atoms with Crippen LogP contribution in [0.4, 0.5) is 0 Å². The molecule has 1 heteroatoms. The number of hydrogen-bond acceptors (Lipinski definition) is 1. The van der Waals surface area contributed by atoms with Crippen molar-refractivity contribution in [3.8, 4) is 0 Å². The summed E-state index contributed by atoms with van der Waals surface area (Å²) in [6.07, 6.45) is 6.30. The fourth-order valence-corrected chi connectivity index (χ4v) is 1.29. The molecule has 0 amide bonds. The van der Waals surface area contributed by atoms with Crippen LogP contribution in [0.1, 0.15) is 46.0 Å². The first-order valence-corrected chi connectivity index (χ1v) is 5.48. The summed E-state index contributed by atoms with van der Waals surface area (Å²) in [5.41, 5.74) is 1.44. The Hall–Kier alpha value is -0.300. The van der Waals surface area contributed by atoms with Crippen LogP contribution in [0.25, 0.3) is 0 Å². The van der Waals surface area contributed by atoms with Crippen molar-refractivity contribution in [1.29, 1.82) is 0 Å². The maximum absolute atomic E-state index is 4.10. The van der Waals surface area contributed by atoms with Gasteiger partial charge in [0.2, 0.25) is 0 Å². The first-order valence-electron chi connectivity index (χ1n) is 5.48. The van der Waals surface area contributed by atoms with E-state index in [1.807, 2.05) is 7.05 Å². The Kier molecular flexibility index (Phi) is 8.11. The summed E-state index contributed by atoms with van der Waals surface area (Å²) in [5, 5.41) is 3.16. The third-order valence-corrected chi connectivity index (χ3v) is 2.28. The fourth-order valence-electron chi connectivity index (χ4n) is 1.29. The molecule has 0 aromatic carbocycles. The van der Waals surface area contributed by atoms with E-state index in [0.717, 1.165) is 12.5 Å². The predicted molar refractivity (Wildman–Crippen MR) is 61.0 cm³/mol. The van der Waals surface area contributed by atoms with Gasteiger partial charge in [-0.1, -0.05) is 26.0 Å². The number of unbranched alkanes of at least 4 members (excludes halogenated alkanes) is 1. The van der Waals surface area contributed by atoms with Crippen molar-refractivity contribution in [3.05, 3.63) is 12.2 Å². The Morgan fingerprint density at radius 3 is 2.46 bits per heavy atom. The topological polar surface area (TPSA) is 12.0 Å². The summed E-state index contributed by atoms with van der Waals surface area (Å²) < 4.78 is 0. The fraction of sp³-hybridized carbons (Fsp3) is 0.833. The minimum absolute atomic E-state index is 0.814. The molecule has 13 heavy (non-hydrogen) atoms. The van der Waals surface area contributed by atoms with Gasteiger partial charge in [-0.15, -0.1) is 0 Å². The molecule has 0 rings (SSSR count). The molecule has 78 valence electrons. The van der Waals surface area contributed by atoms with E-state index >= 15 is 0 Å². The summed E-state index contributed by atoms with van der Waals surface area (Å²) in [4.78, 5) is 0. The molecule has 0 unspecified atom stereocenters. The van der Waals surface area contributed by atoms with Gasteiger partial charge in [0.15, 0.2) is 0 Å². The number of allylic oxidation sites excluding steroid dienone is 1. The SMILES string of the molecule is C=C(CCCCNC)CCC(C)C. The van der Waals surface area contributed by atoms with E-state index in [9.17, 15) is 0 Å². The van der Waals surface area contributed by atoms with Crippen LogP contribution in [-0.2, 0) is 0 Å². The lowest BCUT2D eigenvalue weighted by Gasteiger charge is -2.07. The molecule has 0 heterocycles. The average molecular weight is 183 g/mol. The highest BCUT2D eigenvalue weighted by molar-refractivity contribution is 4.93. The molecule has 0 aromatic heterocycles. The van der Waals surface area contributed by atoms with E-state index in [-0.39, 0.29) is 0 Å². The monoisotopic (exact) mass is 183 g/mol. The van der Waals surface area contributed by atoms with Crippen LogP contribution >= 0.6 is 0 Å². The molecule has 1 N–H and O–H groups in total. The Bertz CT molecular complexity index is 127. The maximum Gasteiger partial charge on any atom is -0.00518 e. The van der Waals surface area contributed by atoms with Crippen molar-refractivity contribution < 1.29 is 0 Å². The van der Waals surface area contributed by atoms with E-state index in [4.69, 9.17) is 0 Å². The normalized spacial score (nSPS) is 10.8. The number of hydrogen-bond donors (Lipinski definition) is 1. The van der Waals surface area contributed by atoms with Gasteiger partial charge in [0, 0.05) is 0 Å². The molecule has 0 saturated heterocycles. The van der Waals surface area contributed by atoms with Crippen LogP contribution in [0.15, 0.2) is 12.2 Å². The lowest BCUT2D eigenvalue weighted by atomic mass is 10.0. The Balaban J connectivity index is 3.20. The Morgan fingerprint density at radius 1 is 1.23 bits per heavy atom. The van der Waals surface area contributed by atoms with Crippen LogP contribution in [-0.4, -0.2) is 13.6 Å². The lowest BCUT2D eigenvalue weighted by molar-refractivity contribution is 0.570. The van der Waals surface area contributed by atoms with Gasteiger partial charge in [-0.3, -0.25) is 0 Å². The molecule has 0 saturated carbocycles. The standard InChI is InChI=1S/C12H25N/c1-11(2)8-9-12(3)7-5-6-10-13-4/h11,13H,3,5-10H2,1-2,4H3. The molecule has 0 aromatic rings. The maximum atomic E-state index is 4.10. The van der Waals surface area contributed by atoms with E-state index in [2.05, 4.69) is 25.7 Å². The second-order valence-corrected chi connectivity index (χ2v) is 4.24. The van der Waals surface area contributed by atoms with Crippen molar-refractivity contribution in [2.45, 2.75) is 46.0 Å². The van der Waals surface area contributed by atoms with Crippen molar-refractivity contribution in [2.24, 2.45) is 5.92 Å². The minimum atomic E-state index is 0.814. The third kappa shape index (κ3) is 9.62. The van der Waals surface area contributed by atoms with Crippen LogP contribution in [0.3, 0.4) is 0 Å². The van der Waals surface area contributed by atoms with Crippen LogP contribution < -0.4 is 5.32 Å². The highest BCUT2D eigenvalue weighted by Gasteiger charge is 1.97. The van der Waals surface area contributed by atoms with Crippen LogP contribution in [0.2, 0.25) is 0 Å². The Morgan fingerprint density at radius 2 is 1.92 bits per heavy atom. The summed E-state index contributed by atoms with van der Waals surface area (Å²) in [7, 11) is 2.01. The first kappa shape index (κ1) is 12.7. The number of nitrogens with one attached hydrogen (secondary N) is 1. The molecule has 0 radical (unpaired) electrons. The van der Waals surface area contributed by atoms with Crippen molar-refractivity contribution in [3.63, 3.8) is 0 Å². The summed E-state index contributed by atoms with van der Waals surface area (Å²) >= 11 is 0. The van der Waals surface area contributed by atoms with Crippen LogP contribution in [0.5, 0.6) is 0 Å². The molecule has 0 atom stereocenters. The molecule has 0 spiro atoms. The zero-order chi connectivity index (χ0) is 10.1. The highest BCUT2D eigenvalue weighted by Crippen LogP contribution is 2.14. The molecule has 0 aliphatic heterocycles. The zero-order valence-corrected chi connectivity index (χ0v) is 9.53. The van der Waals surface area contributed by atoms with E-state index < -0.39 is 0 Å². The molecule has 1 nitrogen and oxygen atoms in total. The molecular weight excluding hydrogens is 158 g/mol. The van der Waals surface area contributed by atoms with Gasteiger partial charge in [0.1, 0.15) is 0 Å². The van der Waals surface area contributed by atoms with Crippen molar-refractivity contribution in [1.82, 2.24) is 5.32 Å². The highest BCUT2D eigenvalue weighted by atomic mass is 14.8. The average Bonchev–Trinajstić information content (AvgIpc) is 2.09. The van der Waals surface area contributed by atoms with Gasteiger partial charge < -0.3 is 5.32 Å². The zero-order valence-electron chi connectivity index (χ0n) is 9.53. The van der Waals surface area contributed by atoms with Gasteiger partial charge in [-0.05, 0) is 51.6 Å². The summed E-state index contributed by atoms with van der Waals surface area (Å²) in [6, 6.07) is 0. The quantitative estimate of drug-likeness (QED) is 0.449. The van der Waals surface area contributed by atoms with Gasteiger partial charge in [0.05, 0.1) is 0 Å². The first-order chi connectivity index (χ1) is 6.16. The van der Waals surface area contributed by atoms with E-state index in [0.29, 0.717) is 0 Å². The van der Waals surface area contributed by atoms with Gasteiger partial charge in [-0.25, -0.2) is 0 Å². The van der Waals surface area contributed by atoms with Gasteiger partial charge in [-0.2, -0.15) is 0 Å². The molecule has 0 fully saturated rings. The predicted octanol–water partition coefficient (Wildman–Crippen LogP) is 3.37. The molecule has 0 aliphatic carbocycles. The summed E-state index contributed by atoms with van der Waals surface area (Å²) in [5.74, 6) is 0.814. The molecular formula is C12H25N. The minimum Gasteiger partial charge on any atom is -0.320 e. The number of rotatable bonds is 8. The third-order valence-electron chi connectivity index (χ3n) is 2.28. The summed E-state index contributed by atoms with van der Waals surface area (Å²) in [6.45, 7) is 9.78. The van der Waals surface area contributed by atoms with Gasteiger partial charge in [0.25, 0.3) is 0 Å². The smallest absolute Gasteiger partial charge is 0.00518 e. The molecule has 0 bridgehead atoms. The van der Waals surface area contributed by atoms with Crippen molar-refractivity contribution in [2.75, 3.05) is 13.6 Å².